The SMILES string of the molecule is COc1cc(NC(=S)NC[C@@H]2CCCO2)c(OC)cc1Cl. The highest BCUT2D eigenvalue weighted by Gasteiger charge is 2.16. The zero-order valence-electron chi connectivity index (χ0n) is 12.1. The minimum absolute atomic E-state index is 0.228. The van der Waals surface area contributed by atoms with Crippen LogP contribution in [0.1, 0.15) is 12.8 Å². The van der Waals surface area contributed by atoms with E-state index in [1.165, 1.54) is 0 Å². The van der Waals surface area contributed by atoms with Gasteiger partial charge in [-0.1, -0.05) is 11.6 Å². The number of anilines is 1. The summed E-state index contributed by atoms with van der Waals surface area (Å²) in [6, 6.07) is 3.44. The number of rotatable bonds is 5. The first-order chi connectivity index (χ1) is 10.1. The molecule has 1 saturated heterocycles. The zero-order valence-corrected chi connectivity index (χ0v) is 13.6. The molecule has 1 aromatic carbocycles. The lowest BCUT2D eigenvalue weighted by Gasteiger charge is -2.17. The summed E-state index contributed by atoms with van der Waals surface area (Å²) in [5, 5.41) is 7.22. The molecule has 0 amide bonds. The van der Waals surface area contributed by atoms with Crippen molar-refractivity contribution >= 4 is 34.6 Å². The van der Waals surface area contributed by atoms with Crippen LogP contribution in [0.2, 0.25) is 5.02 Å². The van der Waals surface area contributed by atoms with Gasteiger partial charge in [0.2, 0.25) is 0 Å². The fraction of sp³-hybridized carbons (Fsp3) is 0.500. The van der Waals surface area contributed by atoms with Crippen molar-refractivity contribution in [1.82, 2.24) is 5.32 Å². The second-order valence-electron chi connectivity index (χ2n) is 4.66. The van der Waals surface area contributed by atoms with Gasteiger partial charge in [0, 0.05) is 25.3 Å². The van der Waals surface area contributed by atoms with Crippen molar-refractivity contribution in [3.8, 4) is 11.5 Å². The van der Waals surface area contributed by atoms with Crippen LogP contribution in [0.5, 0.6) is 11.5 Å². The van der Waals surface area contributed by atoms with Crippen LogP contribution in [0.4, 0.5) is 5.69 Å². The van der Waals surface area contributed by atoms with E-state index in [1.54, 1.807) is 26.4 Å². The summed E-state index contributed by atoms with van der Waals surface area (Å²) in [5.41, 5.74) is 0.698. The van der Waals surface area contributed by atoms with E-state index in [-0.39, 0.29) is 6.10 Å². The van der Waals surface area contributed by atoms with Crippen molar-refractivity contribution in [3.05, 3.63) is 17.2 Å². The molecule has 7 heteroatoms. The second kappa shape index (κ2) is 7.68. The third-order valence-electron chi connectivity index (χ3n) is 3.24. The molecular weight excluding hydrogens is 312 g/mol. The molecule has 0 aliphatic carbocycles. The number of hydrogen-bond acceptors (Lipinski definition) is 4. The maximum atomic E-state index is 6.07. The van der Waals surface area contributed by atoms with Crippen molar-refractivity contribution in [2.75, 3.05) is 32.7 Å². The second-order valence-corrected chi connectivity index (χ2v) is 5.47. The first-order valence-electron chi connectivity index (χ1n) is 6.72. The number of ether oxygens (including phenoxy) is 3. The standard InChI is InChI=1S/C14H19ClN2O3S/c1-18-12-7-11(13(19-2)6-10(12)15)17-14(21)16-8-9-4-3-5-20-9/h6-7,9H,3-5,8H2,1-2H3,(H2,16,17,21)/t9-/m0/s1. The minimum Gasteiger partial charge on any atom is -0.495 e. The van der Waals surface area contributed by atoms with E-state index in [9.17, 15) is 0 Å². The Balaban J connectivity index is 1.98. The molecule has 1 aliphatic heterocycles. The Morgan fingerprint density at radius 3 is 2.76 bits per heavy atom. The molecule has 0 saturated carbocycles. The largest absolute Gasteiger partial charge is 0.495 e. The predicted octanol–water partition coefficient (Wildman–Crippen LogP) is 2.82. The lowest BCUT2D eigenvalue weighted by Crippen LogP contribution is -2.34. The quantitative estimate of drug-likeness (QED) is 0.810. The third-order valence-corrected chi connectivity index (χ3v) is 3.78. The molecule has 1 fully saturated rings. The van der Waals surface area contributed by atoms with Crippen molar-refractivity contribution in [2.45, 2.75) is 18.9 Å². The molecule has 0 spiro atoms. The molecule has 1 atom stereocenters. The Hall–Kier alpha value is -1.24. The molecule has 0 bridgehead atoms. The van der Waals surface area contributed by atoms with Gasteiger partial charge in [0.05, 0.1) is 31.0 Å². The molecule has 0 unspecified atom stereocenters. The highest BCUT2D eigenvalue weighted by atomic mass is 35.5. The highest BCUT2D eigenvalue weighted by molar-refractivity contribution is 7.80. The number of thiocarbonyl (C=S) groups is 1. The topological polar surface area (TPSA) is 51.8 Å². The summed E-state index contributed by atoms with van der Waals surface area (Å²) < 4.78 is 16.0. The Labute approximate surface area is 134 Å². The molecule has 21 heavy (non-hydrogen) atoms. The van der Waals surface area contributed by atoms with E-state index in [0.717, 1.165) is 19.4 Å². The maximum Gasteiger partial charge on any atom is 0.170 e. The molecule has 0 radical (unpaired) electrons. The van der Waals surface area contributed by atoms with Crippen molar-refractivity contribution in [3.63, 3.8) is 0 Å². The van der Waals surface area contributed by atoms with Crippen molar-refractivity contribution in [2.24, 2.45) is 0 Å². The van der Waals surface area contributed by atoms with E-state index in [2.05, 4.69) is 10.6 Å². The van der Waals surface area contributed by atoms with Crippen LogP contribution < -0.4 is 20.1 Å². The van der Waals surface area contributed by atoms with E-state index >= 15 is 0 Å². The van der Waals surface area contributed by atoms with Gasteiger partial charge in [-0.05, 0) is 25.1 Å². The van der Waals surface area contributed by atoms with Gasteiger partial charge in [-0.25, -0.2) is 0 Å². The van der Waals surface area contributed by atoms with Gasteiger partial charge in [0.25, 0.3) is 0 Å². The van der Waals surface area contributed by atoms with Gasteiger partial charge in [-0.3, -0.25) is 0 Å². The predicted molar refractivity (Wildman–Crippen MR) is 87.8 cm³/mol. The maximum absolute atomic E-state index is 6.07. The molecule has 116 valence electrons. The number of methoxy groups -OCH3 is 2. The van der Waals surface area contributed by atoms with Crippen molar-refractivity contribution < 1.29 is 14.2 Å². The minimum atomic E-state index is 0.228. The van der Waals surface area contributed by atoms with Gasteiger partial charge >= 0.3 is 0 Å². The van der Waals surface area contributed by atoms with Crippen LogP contribution in [0.15, 0.2) is 12.1 Å². The van der Waals surface area contributed by atoms with Crippen LogP contribution in [0, 0.1) is 0 Å². The van der Waals surface area contributed by atoms with Gasteiger partial charge in [0.1, 0.15) is 11.5 Å². The summed E-state index contributed by atoms with van der Waals surface area (Å²) in [7, 11) is 3.14. The zero-order chi connectivity index (χ0) is 15.2. The number of hydrogen-bond donors (Lipinski definition) is 2. The highest BCUT2D eigenvalue weighted by Crippen LogP contribution is 2.35. The van der Waals surface area contributed by atoms with Gasteiger partial charge in [-0.15, -0.1) is 0 Å². The van der Waals surface area contributed by atoms with Gasteiger partial charge in [-0.2, -0.15) is 0 Å². The monoisotopic (exact) mass is 330 g/mol. The van der Waals surface area contributed by atoms with E-state index < -0.39 is 0 Å². The van der Waals surface area contributed by atoms with Gasteiger partial charge in [0.15, 0.2) is 5.11 Å². The fourth-order valence-electron chi connectivity index (χ4n) is 2.14. The molecule has 1 aliphatic rings. The Bertz CT molecular complexity index is 507. The molecule has 5 nitrogen and oxygen atoms in total. The summed E-state index contributed by atoms with van der Waals surface area (Å²) in [5.74, 6) is 1.16. The molecule has 1 heterocycles. The van der Waals surface area contributed by atoms with Crippen LogP contribution >= 0.6 is 23.8 Å². The Kier molecular flexibility index (Phi) is 5.90. The Morgan fingerprint density at radius 2 is 2.14 bits per heavy atom. The lowest BCUT2D eigenvalue weighted by atomic mass is 10.2. The van der Waals surface area contributed by atoms with Gasteiger partial charge < -0.3 is 24.8 Å². The lowest BCUT2D eigenvalue weighted by molar-refractivity contribution is 0.114. The summed E-state index contributed by atoms with van der Waals surface area (Å²) in [6.45, 7) is 1.52. The normalized spacial score (nSPS) is 17.4. The first-order valence-corrected chi connectivity index (χ1v) is 7.50. The number of halogens is 1. The van der Waals surface area contributed by atoms with Crippen LogP contribution in [0.25, 0.3) is 0 Å². The fourth-order valence-corrected chi connectivity index (χ4v) is 2.56. The van der Waals surface area contributed by atoms with Crippen LogP contribution in [0.3, 0.4) is 0 Å². The number of nitrogens with one attached hydrogen (secondary N) is 2. The van der Waals surface area contributed by atoms with Crippen LogP contribution in [-0.4, -0.2) is 38.6 Å². The van der Waals surface area contributed by atoms with E-state index in [1.807, 2.05) is 0 Å². The Morgan fingerprint density at radius 1 is 1.38 bits per heavy atom. The van der Waals surface area contributed by atoms with Crippen LogP contribution in [-0.2, 0) is 4.74 Å². The summed E-state index contributed by atoms with van der Waals surface area (Å²) in [6.07, 6.45) is 2.40. The smallest absolute Gasteiger partial charge is 0.170 e. The molecular formula is C14H19ClN2O3S. The van der Waals surface area contributed by atoms with Crippen molar-refractivity contribution in [1.29, 1.82) is 0 Å². The summed E-state index contributed by atoms with van der Waals surface area (Å²) in [4.78, 5) is 0. The first kappa shape index (κ1) is 16.1. The number of benzene rings is 1. The average molecular weight is 331 g/mol. The average Bonchev–Trinajstić information content (AvgIpc) is 2.99. The summed E-state index contributed by atoms with van der Waals surface area (Å²) >= 11 is 11.3. The molecule has 1 aromatic rings. The molecule has 2 N–H and O–H groups in total. The third kappa shape index (κ3) is 4.36. The van der Waals surface area contributed by atoms with E-state index in [0.29, 0.717) is 33.9 Å². The molecule has 0 aromatic heterocycles. The van der Waals surface area contributed by atoms with E-state index in [4.69, 9.17) is 38.0 Å². The molecule has 2 rings (SSSR count).